The maximum Gasteiger partial charge on any atom is 0.344 e. The zero-order chi connectivity index (χ0) is 16.1. The molecule has 2 rings (SSSR count). The third-order valence-corrected chi connectivity index (χ3v) is 3.15. The van der Waals surface area contributed by atoms with Gasteiger partial charge in [-0.15, -0.1) is 0 Å². The first-order valence-electron chi connectivity index (χ1n) is 7.34. The van der Waals surface area contributed by atoms with Gasteiger partial charge in [-0.25, -0.2) is 4.79 Å². The molecule has 0 aliphatic heterocycles. The molecule has 0 saturated carbocycles. The minimum absolute atomic E-state index is 0.175. The number of carbonyl (C=O) groups is 1. The van der Waals surface area contributed by atoms with Gasteiger partial charge < -0.3 is 14.4 Å². The summed E-state index contributed by atoms with van der Waals surface area (Å²) < 4.78 is 10.7. The third kappa shape index (κ3) is 3.84. The van der Waals surface area contributed by atoms with E-state index in [1.165, 1.54) is 0 Å². The molecular formula is C16H20N2O4. The average molecular weight is 304 g/mol. The maximum atomic E-state index is 11.1. The zero-order valence-corrected chi connectivity index (χ0v) is 12.9. The highest BCUT2D eigenvalue weighted by molar-refractivity contribution is 5.72. The molecule has 0 fully saturated rings. The van der Waals surface area contributed by atoms with Gasteiger partial charge in [0.1, 0.15) is 5.75 Å². The van der Waals surface area contributed by atoms with Gasteiger partial charge in [-0.3, -0.25) is 0 Å². The van der Waals surface area contributed by atoms with Crippen molar-refractivity contribution < 1.29 is 19.2 Å². The largest absolute Gasteiger partial charge is 0.479 e. The number of aliphatic carboxylic acids is 1. The standard InChI is InChI=1S/C16H20N2O4/c1-4-5-13(16(19)20)21-12-8-6-11(7-9-12)14-17-15(10(2)3)22-18-14/h6-10,13H,4-5H2,1-3H3,(H,19,20). The van der Waals surface area contributed by atoms with E-state index in [2.05, 4.69) is 10.1 Å². The van der Waals surface area contributed by atoms with Crippen molar-refractivity contribution >= 4 is 5.97 Å². The normalized spacial score (nSPS) is 12.4. The number of benzene rings is 1. The van der Waals surface area contributed by atoms with Crippen LogP contribution >= 0.6 is 0 Å². The van der Waals surface area contributed by atoms with Crippen molar-refractivity contribution in [1.82, 2.24) is 10.1 Å². The molecule has 1 atom stereocenters. The molecular weight excluding hydrogens is 284 g/mol. The van der Waals surface area contributed by atoms with E-state index in [1.807, 2.05) is 20.8 Å². The molecule has 1 aromatic carbocycles. The van der Waals surface area contributed by atoms with Crippen molar-refractivity contribution in [3.8, 4) is 17.1 Å². The number of nitrogens with zero attached hydrogens (tertiary/aromatic N) is 2. The van der Waals surface area contributed by atoms with Crippen LogP contribution in [0.25, 0.3) is 11.4 Å². The Kier molecular flexibility index (Phi) is 5.14. The average Bonchev–Trinajstić information content (AvgIpc) is 2.97. The van der Waals surface area contributed by atoms with Gasteiger partial charge in [-0.05, 0) is 30.7 Å². The van der Waals surface area contributed by atoms with Crippen LogP contribution in [0.4, 0.5) is 0 Å². The van der Waals surface area contributed by atoms with Crippen LogP contribution in [-0.4, -0.2) is 27.3 Å². The molecule has 1 N–H and O–H groups in total. The molecule has 0 aliphatic rings. The first kappa shape index (κ1) is 16.0. The van der Waals surface area contributed by atoms with Crippen molar-refractivity contribution in [2.24, 2.45) is 0 Å². The molecule has 1 heterocycles. The molecule has 1 aromatic heterocycles. The van der Waals surface area contributed by atoms with E-state index in [4.69, 9.17) is 14.4 Å². The molecule has 22 heavy (non-hydrogen) atoms. The Bertz CT molecular complexity index is 619. The lowest BCUT2D eigenvalue weighted by Gasteiger charge is -2.14. The first-order chi connectivity index (χ1) is 10.5. The van der Waals surface area contributed by atoms with E-state index in [1.54, 1.807) is 24.3 Å². The topological polar surface area (TPSA) is 85.5 Å². The highest BCUT2D eigenvalue weighted by Crippen LogP contribution is 2.23. The quantitative estimate of drug-likeness (QED) is 0.842. The van der Waals surface area contributed by atoms with E-state index < -0.39 is 12.1 Å². The molecule has 0 amide bonds. The van der Waals surface area contributed by atoms with Crippen LogP contribution in [-0.2, 0) is 4.79 Å². The monoisotopic (exact) mass is 304 g/mol. The second-order valence-corrected chi connectivity index (χ2v) is 5.37. The molecule has 2 aromatic rings. The summed E-state index contributed by atoms with van der Waals surface area (Å²) in [5.74, 6) is 0.833. The first-order valence-corrected chi connectivity index (χ1v) is 7.34. The second kappa shape index (κ2) is 7.06. The lowest BCUT2D eigenvalue weighted by molar-refractivity contribution is -0.145. The number of rotatable bonds is 7. The van der Waals surface area contributed by atoms with Gasteiger partial charge in [0.15, 0.2) is 6.10 Å². The minimum atomic E-state index is -0.953. The smallest absolute Gasteiger partial charge is 0.344 e. The van der Waals surface area contributed by atoms with Crippen LogP contribution in [0.3, 0.4) is 0 Å². The Morgan fingerprint density at radius 1 is 1.32 bits per heavy atom. The minimum Gasteiger partial charge on any atom is -0.479 e. The Morgan fingerprint density at radius 2 is 2.00 bits per heavy atom. The van der Waals surface area contributed by atoms with Crippen LogP contribution in [0, 0.1) is 0 Å². The number of ether oxygens (including phenoxy) is 1. The predicted octanol–water partition coefficient (Wildman–Crippen LogP) is 3.49. The SMILES string of the molecule is CCCC(Oc1ccc(-c2noc(C(C)C)n2)cc1)C(=O)O. The van der Waals surface area contributed by atoms with Crippen molar-refractivity contribution in [3.05, 3.63) is 30.2 Å². The lowest BCUT2D eigenvalue weighted by atomic mass is 10.2. The van der Waals surface area contributed by atoms with Gasteiger partial charge in [-0.2, -0.15) is 4.98 Å². The van der Waals surface area contributed by atoms with Gasteiger partial charge in [-0.1, -0.05) is 32.3 Å². The number of aromatic nitrogens is 2. The zero-order valence-electron chi connectivity index (χ0n) is 12.9. The second-order valence-electron chi connectivity index (χ2n) is 5.37. The molecule has 0 bridgehead atoms. The van der Waals surface area contributed by atoms with Gasteiger partial charge >= 0.3 is 5.97 Å². The summed E-state index contributed by atoms with van der Waals surface area (Å²) in [6.45, 7) is 5.88. The highest BCUT2D eigenvalue weighted by atomic mass is 16.5. The van der Waals surface area contributed by atoms with Crippen LogP contribution < -0.4 is 4.74 Å². The van der Waals surface area contributed by atoms with Crippen LogP contribution in [0.2, 0.25) is 0 Å². The summed E-state index contributed by atoms with van der Waals surface area (Å²) in [6.07, 6.45) is 0.392. The Morgan fingerprint density at radius 3 is 2.50 bits per heavy atom. The number of carboxylic acids is 1. The maximum absolute atomic E-state index is 11.1. The van der Waals surface area contributed by atoms with E-state index in [9.17, 15) is 4.79 Å². The molecule has 0 spiro atoms. The van der Waals surface area contributed by atoms with Gasteiger partial charge in [0.05, 0.1) is 0 Å². The molecule has 6 heteroatoms. The fourth-order valence-electron chi connectivity index (χ4n) is 1.93. The van der Waals surface area contributed by atoms with Crippen molar-refractivity contribution in [3.63, 3.8) is 0 Å². The summed E-state index contributed by atoms with van der Waals surface area (Å²) in [5, 5.41) is 13.0. The molecule has 0 saturated heterocycles. The van der Waals surface area contributed by atoms with Gasteiger partial charge in [0.25, 0.3) is 0 Å². The van der Waals surface area contributed by atoms with E-state index in [0.29, 0.717) is 23.9 Å². The van der Waals surface area contributed by atoms with E-state index in [0.717, 1.165) is 12.0 Å². The van der Waals surface area contributed by atoms with Crippen molar-refractivity contribution in [2.75, 3.05) is 0 Å². The Labute approximate surface area is 129 Å². The molecule has 0 aliphatic carbocycles. The number of carboxylic acid groups (broad SMARTS) is 1. The molecule has 0 radical (unpaired) electrons. The fraction of sp³-hybridized carbons (Fsp3) is 0.438. The van der Waals surface area contributed by atoms with Crippen molar-refractivity contribution in [2.45, 2.75) is 45.6 Å². The van der Waals surface area contributed by atoms with E-state index in [-0.39, 0.29) is 5.92 Å². The van der Waals surface area contributed by atoms with Crippen LogP contribution in [0.1, 0.15) is 45.4 Å². The van der Waals surface area contributed by atoms with Crippen LogP contribution in [0.15, 0.2) is 28.8 Å². The molecule has 118 valence electrons. The molecule has 1 unspecified atom stereocenters. The summed E-state index contributed by atoms with van der Waals surface area (Å²) in [6, 6.07) is 7.00. The summed E-state index contributed by atoms with van der Waals surface area (Å²) in [5.41, 5.74) is 0.797. The van der Waals surface area contributed by atoms with Gasteiger partial charge in [0.2, 0.25) is 11.7 Å². The molecule has 6 nitrogen and oxygen atoms in total. The summed E-state index contributed by atoms with van der Waals surface area (Å²) >= 11 is 0. The Hall–Kier alpha value is -2.37. The van der Waals surface area contributed by atoms with Gasteiger partial charge in [0, 0.05) is 11.5 Å². The highest BCUT2D eigenvalue weighted by Gasteiger charge is 2.18. The van der Waals surface area contributed by atoms with E-state index >= 15 is 0 Å². The summed E-state index contributed by atoms with van der Waals surface area (Å²) in [4.78, 5) is 15.4. The number of hydrogen-bond acceptors (Lipinski definition) is 5. The number of hydrogen-bond donors (Lipinski definition) is 1. The third-order valence-electron chi connectivity index (χ3n) is 3.15. The lowest BCUT2D eigenvalue weighted by Crippen LogP contribution is -2.26. The predicted molar refractivity (Wildman–Crippen MR) is 80.8 cm³/mol. The Balaban J connectivity index is 2.10. The summed E-state index contributed by atoms with van der Waals surface area (Å²) in [7, 11) is 0. The fourth-order valence-corrected chi connectivity index (χ4v) is 1.93. The van der Waals surface area contributed by atoms with Crippen molar-refractivity contribution in [1.29, 1.82) is 0 Å². The van der Waals surface area contributed by atoms with Crippen LogP contribution in [0.5, 0.6) is 5.75 Å².